The number of H-pyrrole nitrogens is 1. The lowest BCUT2D eigenvalue weighted by atomic mass is 10.1. The van der Waals surface area contributed by atoms with Crippen LogP contribution < -0.4 is 14.9 Å². The molecule has 0 saturated heterocycles. The first-order valence-electron chi connectivity index (χ1n) is 5.48. The highest BCUT2D eigenvalue weighted by Gasteiger charge is 2.13. The minimum atomic E-state index is -0.603. The summed E-state index contributed by atoms with van der Waals surface area (Å²) in [5.74, 6) is 0.313. The first kappa shape index (κ1) is 12.9. The maximum atomic E-state index is 12.0. The van der Waals surface area contributed by atoms with E-state index in [-0.39, 0.29) is 11.1 Å². The first-order chi connectivity index (χ1) is 9.10. The minimum absolute atomic E-state index is 0.0900. The van der Waals surface area contributed by atoms with Crippen LogP contribution >= 0.6 is 0 Å². The molecule has 0 aliphatic rings. The van der Waals surface area contributed by atoms with Gasteiger partial charge in [-0.3, -0.25) is 4.79 Å². The van der Waals surface area contributed by atoms with Gasteiger partial charge in [-0.25, -0.2) is 4.79 Å². The van der Waals surface area contributed by atoms with Gasteiger partial charge in [-0.1, -0.05) is 0 Å². The van der Waals surface area contributed by atoms with Crippen LogP contribution in [0.1, 0.15) is 10.5 Å². The molecule has 0 aliphatic heterocycles. The maximum absolute atomic E-state index is 12.0. The molecule has 100 valence electrons. The fraction of sp³-hybridized carbons (Fsp3) is 0.231. The van der Waals surface area contributed by atoms with Crippen molar-refractivity contribution >= 4 is 16.9 Å². The second-order valence-corrected chi connectivity index (χ2v) is 3.79. The number of ether oxygens (including phenoxy) is 3. The predicted octanol–water partition coefficient (Wildman–Crippen LogP) is 1.33. The average Bonchev–Trinajstić information content (AvgIpc) is 2.44. The molecule has 1 N–H and O–H groups in total. The fourth-order valence-corrected chi connectivity index (χ4v) is 1.80. The third kappa shape index (κ3) is 2.24. The van der Waals surface area contributed by atoms with E-state index in [4.69, 9.17) is 9.47 Å². The van der Waals surface area contributed by atoms with E-state index in [0.29, 0.717) is 22.4 Å². The number of aromatic nitrogens is 1. The molecule has 2 aromatic rings. The van der Waals surface area contributed by atoms with Crippen molar-refractivity contribution < 1.29 is 19.0 Å². The van der Waals surface area contributed by atoms with Crippen molar-refractivity contribution in [1.29, 1.82) is 0 Å². The number of pyridine rings is 1. The summed E-state index contributed by atoms with van der Waals surface area (Å²) in [6, 6.07) is 4.36. The number of nitrogens with one attached hydrogen (secondary N) is 1. The van der Waals surface area contributed by atoms with Gasteiger partial charge in [0.1, 0.15) is 5.69 Å². The quantitative estimate of drug-likeness (QED) is 0.845. The zero-order valence-electron chi connectivity index (χ0n) is 10.8. The van der Waals surface area contributed by atoms with Gasteiger partial charge in [0.2, 0.25) is 0 Å². The number of rotatable bonds is 3. The molecule has 0 amide bonds. The first-order valence-corrected chi connectivity index (χ1v) is 5.48. The summed E-state index contributed by atoms with van der Waals surface area (Å²) in [6.45, 7) is 0. The monoisotopic (exact) mass is 263 g/mol. The second-order valence-electron chi connectivity index (χ2n) is 3.79. The van der Waals surface area contributed by atoms with Crippen molar-refractivity contribution in [3.63, 3.8) is 0 Å². The number of hydrogen-bond acceptors (Lipinski definition) is 5. The van der Waals surface area contributed by atoms with E-state index >= 15 is 0 Å². The van der Waals surface area contributed by atoms with Gasteiger partial charge in [-0.15, -0.1) is 0 Å². The molecule has 0 atom stereocenters. The topological polar surface area (TPSA) is 77.6 Å². The largest absolute Gasteiger partial charge is 0.493 e. The van der Waals surface area contributed by atoms with Gasteiger partial charge in [-0.05, 0) is 6.07 Å². The van der Waals surface area contributed by atoms with Crippen LogP contribution in [-0.2, 0) is 4.74 Å². The summed E-state index contributed by atoms with van der Waals surface area (Å²) in [4.78, 5) is 26.2. The second kappa shape index (κ2) is 5.01. The summed E-state index contributed by atoms with van der Waals surface area (Å²) in [7, 11) is 4.23. The molecule has 1 aromatic carbocycles. The maximum Gasteiger partial charge on any atom is 0.354 e. The van der Waals surface area contributed by atoms with Crippen LogP contribution in [0.3, 0.4) is 0 Å². The Balaban J connectivity index is 2.74. The van der Waals surface area contributed by atoms with Crippen molar-refractivity contribution in [2.24, 2.45) is 0 Å². The van der Waals surface area contributed by atoms with Crippen molar-refractivity contribution in [2.75, 3.05) is 21.3 Å². The number of hydrogen-bond donors (Lipinski definition) is 1. The Bertz CT molecular complexity index is 689. The lowest BCUT2D eigenvalue weighted by Gasteiger charge is -2.09. The normalized spacial score (nSPS) is 10.3. The number of benzene rings is 1. The van der Waals surface area contributed by atoms with Crippen LogP contribution in [0, 0.1) is 0 Å². The Morgan fingerprint density at radius 3 is 2.26 bits per heavy atom. The van der Waals surface area contributed by atoms with Crippen LogP contribution in [0.15, 0.2) is 23.0 Å². The third-order valence-electron chi connectivity index (χ3n) is 2.74. The lowest BCUT2D eigenvalue weighted by molar-refractivity contribution is 0.0594. The summed E-state index contributed by atoms with van der Waals surface area (Å²) in [5.41, 5.74) is 0.271. The van der Waals surface area contributed by atoms with Gasteiger partial charge in [0.15, 0.2) is 16.9 Å². The van der Waals surface area contributed by atoms with Gasteiger partial charge in [0.05, 0.1) is 26.8 Å². The predicted molar refractivity (Wildman–Crippen MR) is 69.0 cm³/mol. The molecule has 0 radical (unpaired) electrons. The Morgan fingerprint density at radius 2 is 1.68 bits per heavy atom. The van der Waals surface area contributed by atoms with Crippen LogP contribution in [0.4, 0.5) is 0 Å². The van der Waals surface area contributed by atoms with E-state index in [1.165, 1.54) is 27.4 Å². The number of carbonyl (C=O) groups excluding carboxylic acids is 1. The molecule has 0 saturated carbocycles. The van der Waals surface area contributed by atoms with Gasteiger partial charge in [0.25, 0.3) is 0 Å². The Kier molecular flexibility index (Phi) is 3.41. The highest BCUT2D eigenvalue weighted by atomic mass is 16.5. The number of methoxy groups -OCH3 is 3. The smallest absolute Gasteiger partial charge is 0.354 e. The van der Waals surface area contributed by atoms with E-state index in [2.05, 4.69) is 9.72 Å². The van der Waals surface area contributed by atoms with Crippen LogP contribution in [0.25, 0.3) is 10.9 Å². The molecule has 0 bridgehead atoms. The molecular weight excluding hydrogens is 250 g/mol. The van der Waals surface area contributed by atoms with E-state index in [1.54, 1.807) is 12.1 Å². The molecule has 1 aromatic heterocycles. The summed E-state index contributed by atoms with van der Waals surface area (Å²) >= 11 is 0. The Morgan fingerprint density at radius 1 is 1.05 bits per heavy atom. The number of aromatic amines is 1. The van der Waals surface area contributed by atoms with E-state index in [9.17, 15) is 9.59 Å². The Labute approximate surface area is 108 Å². The van der Waals surface area contributed by atoms with Gasteiger partial charge >= 0.3 is 5.97 Å². The third-order valence-corrected chi connectivity index (χ3v) is 2.74. The van der Waals surface area contributed by atoms with Gasteiger partial charge in [0, 0.05) is 17.5 Å². The van der Waals surface area contributed by atoms with Crippen molar-refractivity contribution in [3.8, 4) is 11.5 Å². The standard InChI is InChI=1S/C13H13NO5/c1-17-11-4-7-8(6-12(11)18-2)14-9(5-10(7)15)13(16)19-3/h4-6H,1-3H3,(H,14,15). The highest BCUT2D eigenvalue weighted by Crippen LogP contribution is 2.30. The minimum Gasteiger partial charge on any atom is -0.493 e. The number of esters is 1. The lowest BCUT2D eigenvalue weighted by Crippen LogP contribution is -2.11. The molecule has 2 rings (SSSR count). The van der Waals surface area contributed by atoms with E-state index < -0.39 is 5.97 Å². The molecule has 0 unspecified atom stereocenters. The molecule has 0 aliphatic carbocycles. The van der Waals surface area contributed by atoms with E-state index in [0.717, 1.165) is 0 Å². The number of fused-ring (bicyclic) bond motifs is 1. The molecule has 0 spiro atoms. The highest BCUT2D eigenvalue weighted by molar-refractivity contribution is 5.91. The van der Waals surface area contributed by atoms with Gasteiger partial charge < -0.3 is 19.2 Å². The van der Waals surface area contributed by atoms with Crippen molar-refractivity contribution in [2.45, 2.75) is 0 Å². The average molecular weight is 263 g/mol. The van der Waals surface area contributed by atoms with Crippen LogP contribution in [-0.4, -0.2) is 32.3 Å². The van der Waals surface area contributed by atoms with E-state index in [1.807, 2.05) is 0 Å². The number of carbonyl (C=O) groups is 1. The molecular formula is C13H13NO5. The van der Waals surface area contributed by atoms with Crippen molar-refractivity contribution in [1.82, 2.24) is 4.98 Å². The van der Waals surface area contributed by atoms with Gasteiger partial charge in [-0.2, -0.15) is 0 Å². The molecule has 1 heterocycles. The zero-order chi connectivity index (χ0) is 14.0. The fourth-order valence-electron chi connectivity index (χ4n) is 1.80. The summed E-state index contributed by atoms with van der Waals surface area (Å²) in [6.07, 6.45) is 0. The Hall–Kier alpha value is -2.50. The van der Waals surface area contributed by atoms with Crippen LogP contribution in [0.2, 0.25) is 0 Å². The zero-order valence-corrected chi connectivity index (χ0v) is 10.8. The molecule has 6 nitrogen and oxygen atoms in total. The summed E-state index contributed by atoms with van der Waals surface area (Å²) in [5, 5.41) is 0.408. The molecule has 0 fully saturated rings. The molecule has 6 heteroatoms. The van der Waals surface area contributed by atoms with Crippen LogP contribution in [0.5, 0.6) is 11.5 Å². The SMILES string of the molecule is COC(=O)c1cc(=O)c2cc(OC)c(OC)cc2[nH]1. The summed E-state index contributed by atoms with van der Waals surface area (Å²) < 4.78 is 14.9. The molecule has 19 heavy (non-hydrogen) atoms. The van der Waals surface area contributed by atoms with Crippen molar-refractivity contribution in [3.05, 3.63) is 34.1 Å².